The van der Waals surface area contributed by atoms with Gasteiger partial charge in [-0.05, 0) is 22.9 Å². The van der Waals surface area contributed by atoms with Crippen LogP contribution in [0.3, 0.4) is 0 Å². The van der Waals surface area contributed by atoms with E-state index in [1.807, 2.05) is 6.92 Å². The monoisotopic (exact) mass is 238 g/mol. The van der Waals surface area contributed by atoms with E-state index in [1.54, 1.807) is 12.4 Å². The topological polar surface area (TPSA) is 54.5 Å². The molecule has 1 N–H and O–H groups in total. The lowest BCUT2D eigenvalue weighted by molar-refractivity contribution is 1.13. The van der Waals surface area contributed by atoms with Gasteiger partial charge in [0.25, 0.3) is 0 Å². The molecule has 0 saturated heterocycles. The maximum absolute atomic E-state index is 4.30. The van der Waals surface area contributed by atoms with Crippen LogP contribution in [0.25, 0.3) is 11.3 Å². The Hall–Kier alpha value is -1.23. The van der Waals surface area contributed by atoms with Crippen LogP contribution in [0.2, 0.25) is 0 Å². The Bertz CT molecular complexity index is 409. The number of nitrogens with one attached hydrogen (secondary N) is 1. The molecule has 2 aromatic rings. The van der Waals surface area contributed by atoms with Gasteiger partial charge < -0.3 is 4.98 Å². The number of aromatic nitrogens is 4. The van der Waals surface area contributed by atoms with Crippen LogP contribution < -0.4 is 0 Å². The minimum atomic E-state index is 0.845. The van der Waals surface area contributed by atoms with Crippen LogP contribution in [0.4, 0.5) is 0 Å². The van der Waals surface area contributed by atoms with Crippen LogP contribution in [0.15, 0.2) is 23.3 Å². The summed E-state index contributed by atoms with van der Waals surface area (Å²) >= 11 is 3.38. The number of halogens is 1. The van der Waals surface area contributed by atoms with E-state index in [0.717, 1.165) is 21.7 Å². The molecule has 0 unspecified atom stereocenters. The molecule has 5 heteroatoms. The normalized spacial score (nSPS) is 10.3. The van der Waals surface area contributed by atoms with Gasteiger partial charge in [0, 0.05) is 18.0 Å². The second-order valence-electron chi connectivity index (χ2n) is 2.61. The van der Waals surface area contributed by atoms with Crippen molar-refractivity contribution in [2.24, 2.45) is 0 Å². The van der Waals surface area contributed by atoms with Crippen LogP contribution in [-0.2, 0) is 0 Å². The van der Waals surface area contributed by atoms with E-state index in [2.05, 4.69) is 35.9 Å². The van der Waals surface area contributed by atoms with Gasteiger partial charge in [-0.3, -0.25) is 0 Å². The van der Waals surface area contributed by atoms with E-state index in [1.165, 1.54) is 6.33 Å². The van der Waals surface area contributed by atoms with Crippen LogP contribution in [-0.4, -0.2) is 19.9 Å². The van der Waals surface area contributed by atoms with E-state index in [4.69, 9.17) is 0 Å². The number of H-pyrrole nitrogens is 1. The number of rotatable bonds is 1. The first-order chi connectivity index (χ1) is 6.27. The fourth-order valence-electron chi connectivity index (χ4n) is 1.08. The maximum atomic E-state index is 4.30. The van der Waals surface area contributed by atoms with Crippen molar-refractivity contribution in [1.82, 2.24) is 19.9 Å². The van der Waals surface area contributed by atoms with Crippen LogP contribution in [0, 0.1) is 6.92 Å². The Balaban J connectivity index is 2.53. The van der Waals surface area contributed by atoms with Gasteiger partial charge in [0.2, 0.25) is 0 Å². The first kappa shape index (κ1) is 8.37. The van der Waals surface area contributed by atoms with Gasteiger partial charge in [0.15, 0.2) is 0 Å². The van der Waals surface area contributed by atoms with Crippen molar-refractivity contribution < 1.29 is 0 Å². The Morgan fingerprint density at radius 2 is 2.00 bits per heavy atom. The summed E-state index contributed by atoms with van der Waals surface area (Å²) in [5, 5.41) is 0. The molecule has 0 radical (unpaired) electrons. The molecule has 4 nitrogen and oxygen atoms in total. The number of hydrogen-bond acceptors (Lipinski definition) is 3. The number of nitrogens with zero attached hydrogens (tertiary/aromatic N) is 3. The Kier molecular flexibility index (Phi) is 2.10. The maximum Gasteiger partial charge on any atom is 0.115 e. The minimum absolute atomic E-state index is 0.845. The third kappa shape index (κ3) is 1.60. The fraction of sp³-hybridized carbons (Fsp3) is 0.125. The Morgan fingerprint density at radius 1 is 1.31 bits per heavy atom. The number of imidazole rings is 1. The predicted molar refractivity (Wildman–Crippen MR) is 52.1 cm³/mol. The molecule has 0 atom stereocenters. The van der Waals surface area contributed by atoms with Crippen molar-refractivity contribution in [2.45, 2.75) is 6.92 Å². The number of hydrogen-bond donors (Lipinski definition) is 1. The molecule has 0 aliphatic rings. The van der Waals surface area contributed by atoms with Gasteiger partial charge >= 0.3 is 0 Å². The van der Waals surface area contributed by atoms with Gasteiger partial charge in [0.1, 0.15) is 22.4 Å². The van der Waals surface area contributed by atoms with Gasteiger partial charge in [-0.15, -0.1) is 0 Å². The third-order valence-corrected chi connectivity index (χ3v) is 2.19. The smallest absolute Gasteiger partial charge is 0.115 e. The molecular formula is C8H7BrN4. The van der Waals surface area contributed by atoms with Crippen LogP contribution >= 0.6 is 15.9 Å². The largest absolute Gasteiger partial charge is 0.336 e. The summed E-state index contributed by atoms with van der Waals surface area (Å²) in [5.74, 6) is 0.866. The molecule has 0 saturated carbocycles. The summed E-state index contributed by atoms with van der Waals surface area (Å²) in [7, 11) is 0. The zero-order chi connectivity index (χ0) is 9.26. The van der Waals surface area contributed by atoms with Gasteiger partial charge in [-0.1, -0.05) is 0 Å². The van der Waals surface area contributed by atoms with Crippen molar-refractivity contribution in [3.05, 3.63) is 29.1 Å². The first-order valence-corrected chi connectivity index (χ1v) is 4.54. The van der Waals surface area contributed by atoms with Crippen molar-refractivity contribution in [3.8, 4) is 11.3 Å². The molecule has 0 amide bonds. The summed E-state index contributed by atoms with van der Waals surface area (Å²) in [6, 6.07) is 0. The lowest BCUT2D eigenvalue weighted by atomic mass is 10.3. The highest BCUT2D eigenvalue weighted by Crippen LogP contribution is 2.23. The van der Waals surface area contributed by atoms with E-state index < -0.39 is 0 Å². The zero-order valence-corrected chi connectivity index (χ0v) is 8.54. The fourth-order valence-corrected chi connectivity index (χ4v) is 1.68. The van der Waals surface area contributed by atoms with Gasteiger partial charge in [-0.2, -0.15) is 0 Å². The third-order valence-electron chi connectivity index (χ3n) is 1.61. The van der Waals surface area contributed by atoms with E-state index in [9.17, 15) is 0 Å². The summed E-state index contributed by atoms with van der Waals surface area (Å²) in [4.78, 5) is 15.2. The molecule has 13 heavy (non-hydrogen) atoms. The molecule has 0 aromatic carbocycles. The molecule has 2 heterocycles. The lowest BCUT2D eigenvalue weighted by Gasteiger charge is -1.93. The van der Waals surface area contributed by atoms with Crippen LogP contribution in [0.1, 0.15) is 5.82 Å². The lowest BCUT2D eigenvalue weighted by Crippen LogP contribution is -1.82. The molecule has 2 rings (SSSR count). The molecule has 0 bridgehead atoms. The minimum Gasteiger partial charge on any atom is -0.336 e. The van der Waals surface area contributed by atoms with Crippen molar-refractivity contribution in [3.63, 3.8) is 0 Å². The predicted octanol–water partition coefficient (Wildman–Crippen LogP) is 1.94. The highest BCUT2D eigenvalue weighted by Gasteiger charge is 2.07. The van der Waals surface area contributed by atoms with E-state index in [-0.39, 0.29) is 0 Å². The molecule has 0 fully saturated rings. The SMILES string of the molecule is Cc1nc(-c2cncnc2)c(Br)[nH]1. The molecule has 0 spiro atoms. The quantitative estimate of drug-likeness (QED) is 0.827. The Morgan fingerprint density at radius 3 is 2.54 bits per heavy atom. The van der Waals surface area contributed by atoms with Crippen molar-refractivity contribution >= 4 is 15.9 Å². The Labute approximate surface area is 83.6 Å². The molecule has 66 valence electrons. The van der Waals surface area contributed by atoms with Crippen LogP contribution in [0.5, 0.6) is 0 Å². The number of aryl methyl sites for hydroxylation is 1. The van der Waals surface area contributed by atoms with Crippen molar-refractivity contribution in [2.75, 3.05) is 0 Å². The molecular weight excluding hydrogens is 232 g/mol. The average molecular weight is 239 g/mol. The summed E-state index contributed by atoms with van der Waals surface area (Å²) in [6.45, 7) is 1.90. The highest BCUT2D eigenvalue weighted by atomic mass is 79.9. The number of aromatic amines is 1. The summed E-state index contributed by atoms with van der Waals surface area (Å²) in [6.07, 6.45) is 4.96. The van der Waals surface area contributed by atoms with E-state index >= 15 is 0 Å². The molecule has 0 aliphatic carbocycles. The van der Waals surface area contributed by atoms with E-state index in [0.29, 0.717) is 0 Å². The van der Waals surface area contributed by atoms with Gasteiger partial charge in [-0.25, -0.2) is 15.0 Å². The van der Waals surface area contributed by atoms with Crippen molar-refractivity contribution in [1.29, 1.82) is 0 Å². The highest BCUT2D eigenvalue weighted by molar-refractivity contribution is 9.10. The second kappa shape index (κ2) is 3.26. The molecule has 0 aliphatic heterocycles. The zero-order valence-electron chi connectivity index (χ0n) is 6.95. The summed E-state index contributed by atoms with van der Waals surface area (Å²) in [5.41, 5.74) is 1.75. The first-order valence-electron chi connectivity index (χ1n) is 3.75. The second-order valence-corrected chi connectivity index (χ2v) is 3.40. The molecule has 2 aromatic heterocycles. The standard InChI is InChI=1S/C8H7BrN4/c1-5-12-7(8(9)13-5)6-2-10-4-11-3-6/h2-4H,1H3,(H,12,13). The summed E-state index contributed by atoms with van der Waals surface area (Å²) < 4.78 is 0.861. The average Bonchev–Trinajstić information content (AvgIpc) is 2.47. The van der Waals surface area contributed by atoms with Gasteiger partial charge in [0.05, 0.1) is 0 Å².